The van der Waals surface area contributed by atoms with Crippen LogP contribution >= 0.6 is 11.6 Å². The highest BCUT2D eigenvalue weighted by atomic mass is 35.5. The van der Waals surface area contributed by atoms with Crippen molar-refractivity contribution in [3.8, 4) is 0 Å². The second kappa shape index (κ2) is 4.67. The highest BCUT2D eigenvalue weighted by molar-refractivity contribution is 6.28. The lowest BCUT2D eigenvalue weighted by Crippen LogP contribution is -2.04. The average Bonchev–Trinajstić information content (AvgIpc) is 2.22. The summed E-state index contributed by atoms with van der Waals surface area (Å²) >= 11 is 5.73. The van der Waals surface area contributed by atoms with Gasteiger partial charge in [0.2, 0.25) is 11.2 Å². The summed E-state index contributed by atoms with van der Waals surface area (Å²) in [7, 11) is 0. The van der Waals surface area contributed by atoms with E-state index in [4.69, 9.17) is 17.3 Å². The zero-order valence-electron chi connectivity index (χ0n) is 9.74. The van der Waals surface area contributed by atoms with Gasteiger partial charge in [0.1, 0.15) is 5.82 Å². The van der Waals surface area contributed by atoms with Crippen LogP contribution in [0.3, 0.4) is 0 Å². The molecule has 1 heterocycles. The maximum Gasteiger partial charge on any atom is 0.227 e. The summed E-state index contributed by atoms with van der Waals surface area (Å²) < 4.78 is 0. The average molecular weight is 249 g/mol. The highest BCUT2D eigenvalue weighted by Crippen LogP contribution is 2.13. The number of rotatable bonds is 2. The molecule has 2 aromatic rings. The van der Waals surface area contributed by atoms with E-state index in [1.54, 1.807) is 0 Å². The molecule has 0 spiro atoms. The first-order valence-electron chi connectivity index (χ1n) is 5.26. The molecule has 0 atom stereocenters. The van der Waals surface area contributed by atoms with Crippen molar-refractivity contribution in [2.45, 2.75) is 20.3 Å². The topological polar surface area (TPSA) is 64.7 Å². The number of benzene rings is 1. The summed E-state index contributed by atoms with van der Waals surface area (Å²) in [5.74, 6) is 0.745. The molecular weight excluding hydrogens is 236 g/mol. The Bertz CT molecular complexity index is 534. The largest absolute Gasteiger partial charge is 0.368 e. The van der Waals surface area contributed by atoms with Crippen molar-refractivity contribution in [1.29, 1.82) is 0 Å². The van der Waals surface area contributed by atoms with Crippen LogP contribution in [0.4, 0.5) is 5.95 Å². The maximum atomic E-state index is 5.73. The van der Waals surface area contributed by atoms with Crippen molar-refractivity contribution in [3.05, 3.63) is 46.0 Å². The predicted octanol–water partition coefficient (Wildman–Crippen LogP) is 2.31. The van der Waals surface area contributed by atoms with Gasteiger partial charge in [-0.15, -0.1) is 0 Å². The number of nitrogen functional groups attached to an aromatic ring is 1. The molecule has 0 radical (unpaired) electrons. The molecule has 0 aliphatic rings. The molecule has 0 amide bonds. The summed E-state index contributed by atoms with van der Waals surface area (Å²) in [6.45, 7) is 4.16. The maximum absolute atomic E-state index is 5.73. The molecule has 2 N–H and O–H groups in total. The summed E-state index contributed by atoms with van der Waals surface area (Å²) in [6.07, 6.45) is 0.605. The van der Waals surface area contributed by atoms with Crippen LogP contribution in [0, 0.1) is 13.8 Å². The van der Waals surface area contributed by atoms with Crippen molar-refractivity contribution >= 4 is 17.5 Å². The lowest BCUT2D eigenvalue weighted by Gasteiger charge is -2.05. The molecule has 0 aliphatic carbocycles. The zero-order valence-corrected chi connectivity index (χ0v) is 10.5. The van der Waals surface area contributed by atoms with Gasteiger partial charge in [-0.1, -0.05) is 18.2 Å². The molecule has 4 nitrogen and oxygen atoms in total. The standard InChI is InChI=1S/C12H13ClN4/c1-7-3-4-9(5-8(7)2)6-10-15-11(13)17-12(14)16-10/h3-5H,6H2,1-2H3,(H2,14,15,16,17). The molecule has 0 saturated carbocycles. The second-order valence-corrected chi connectivity index (χ2v) is 4.31. The van der Waals surface area contributed by atoms with E-state index in [0.29, 0.717) is 12.2 Å². The Kier molecular flexibility index (Phi) is 3.24. The molecule has 0 fully saturated rings. The number of aromatic nitrogens is 3. The van der Waals surface area contributed by atoms with Crippen molar-refractivity contribution in [2.75, 3.05) is 5.73 Å². The molecule has 88 valence electrons. The number of halogens is 1. The molecule has 0 aliphatic heterocycles. The van der Waals surface area contributed by atoms with Gasteiger partial charge < -0.3 is 5.73 Å². The third kappa shape index (κ3) is 2.91. The van der Waals surface area contributed by atoms with Crippen molar-refractivity contribution < 1.29 is 0 Å². The smallest absolute Gasteiger partial charge is 0.227 e. The summed E-state index contributed by atoms with van der Waals surface area (Å²) in [4.78, 5) is 11.8. The third-order valence-corrected chi connectivity index (χ3v) is 2.77. The zero-order chi connectivity index (χ0) is 12.4. The van der Waals surface area contributed by atoms with E-state index in [2.05, 4.69) is 47.0 Å². The first-order chi connectivity index (χ1) is 8.04. The van der Waals surface area contributed by atoms with E-state index in [0.717, 1.165) is 5.56 Å². The molecule has 2 rings (SSSR count). The normalized spacial score (nSPS) is 10.5. The Morgan fingerprint density at radius 3 is 2.53 bits per heavy atom. The van der Waals surface area contributed by atoms with E-state index in [1.807, 2.05) is 0 Å². The summed E-state index contributed by atoms with van der Waals surface area (Å²) in [6, 6.07) is 6.25. The lowest BCUT2D eigenvalue weighted by molar-refractivity contribution is 0.928. The fourth-order valence-corrected chi connectivity index (χ4v) is 1.77. The number of anilines is 1. The number of nitrogens with zero attached hydrogens (tertiary/aromatic N) is 3. The number of nitrogens with two attached hydrogens (primary N) is 1. The van der Waals surface area contributed by atoms with Gasteiger partial charge in [-0.05, 0) is 42.1 Å². The summed E-state index contributed by atoms with van der Waals surface area (Å²) in [5, 5.41) is 0.135. The van der Waals surface area contributed by atoms with E-state index < -0.39 is 0 Å². The van der Waals surface area contributed by atoms with Crippen LogP contribution in [0.5, 0.6) is 0 Å². The highest BCUT2D eigenvalue weighted by Gasteiger charge is 2.04. The fourth-order valence-electron chi connectivity index (χ4n) is 1.58. The van der Waals surface area contributed by atoms with Gasteiger partial charge in [0.05, 0.1) is 0 Å². The SMILES string of the molecule is Cc1ccc(Cc2nc(N)nc(Cl)n2)cc1C. The van der Waals surface area contributed by atoms with Gasteiger partial charge >= 0.3 is 0 Å². The Morgan fingerprint density at radius 1 is 1.12 bits per heavy atom. The molecule has 0 unspecified atom stereocenters. The first-order valence-corrected chi connectivity index (χ1v) is 5.64. The molecule has 0 saturated heterocycles. The molecule has 17 heavy (non-hydrogen) atoms. The van der Waals surface area contributed by atoms with Gasteiger partial charge in [-0.25, -0.2) is 4.98 Å². The van der Waals surface area contributed by atoms with Crippen LogP contribution in [0.15, 0.2) is 18.2 Å². The van der Waals surface area contributed by atoms with Crippen LogP contribution in [-0.2, 0) is 6.42 Å². The third-order valence-electron chi connectivity index (χ3n) is 2.61. The molecule has 1 aromatic carbocycles. The molecule has 5 heteroatoms. The monoisotopic (exact) mass is 248 g/mol. The van der Waals surface area contributed by atoms with Crippen LogP contribution in [0.2, 0.25) is 5.28 Å². The van der Waals surface area contributed by atoms with Gasteiger partial charge in [0, 0.05) is 6.42 Å². The Hall–Kier alpha value is -1.68. The molecular formula is C12H13ClN4. The number of hydrogen-bond acceptors (Lipinski definition) is 4. The van der Waals surface area contributed by atoms with Crippen LogP contribution in [0.1, 0.15) is 22.5 Å². The molecule has 0 bridgehead atoms. The Morgan fingerprint density at radius 2 is 1.88 bits per heavy atom. The Labute approximate surface area is 105 Å². The quantitative estimate of drug-likeness (QED) is 0.886. The van der Waals surface area contributed by atoms with Crippen LogP contribution < -0.4 is 5.73 Å². The van der Waals surface area contributed by atoms with E-state index in [-0.39, 0.29) is 11.2 Å². The number of aryl methyl sites for hydroxylation is 2. The first kappa shape index (κ1) is 11.8. The van der Waals surface area contributed by atoms with Gasteiger partial charge in [-0.3, -0.25) is 0 Å². The van der Waals surface area contributed by atoms with Gasteiger partial charge in [0.15, 0.2) is 0 Å². The molecule has 1 aromatic heterocycles. The van der Waals surface area contributed by atoms with E-state index in [1.165, 1.54) is 11.1 Å². The predicted molar refractivity (Wildman–Crippen MR) is 68.0 cm³/mol. The fraction of sp³-hybridized carbons (Fsp3) is 0.250. The second-order valence-electron chi connectivity index (χ2n) is 3.97. The Balaban J connectivity index is 2.28. The number of hydrogen-bond donors (Lipinski definition) is 1. The van der Waals surface area contributed by atoms with E-state index in [9.17, 15) is 0 Å². The lowest BCUT2D eigenvalue weighted by atomic mass is 10.0. The van der Waals surface area contributed by atoms with Crippen LogP contribution in [0.25, 0.3) is 0 Å². The summed E-state index contributed by atoms with van der Waals surface area (Å²) in [5.41, 5.74) is 9.17. The van der Waals surface area contributed by atoms with Crippen molar-refractivity contribution in [1.82, 2.24) is 15.0 Å². The minimum absolute atomic E-state index is 0.135. The minimum Gasteiger partial charge on any atom is -0.368 e. The van der Waals surface area contributed by atoms with Gasteiger partial charge in [-0.2, -0.15) is 9.97 Å². The van der Waals surface area contributed by atoms with Crippen molar-refractivity contribution in [3.63, 3.8) is 0 Å². The van der Waals surface area contributed by atoms with E-state index >= 15 is 0 Å². The van der Waals surface area contributed by atoms with Crippen molar-refractivity contribution in [2.24, 2.45) is 0 Å². The minimum atomic E-state index is 0.135. The van der Waals surface area contributed by atoms with Crippen LogP contribution in [-0.4, -0.2) is 15.0 Å². The van der Waals surface area contributed by atoms with Gasteiger partial charge in [0.25, 0.3) is 0 Å².